The van der Waals surface area contributed by atoms with Crippen molar-refractivity contribution in [3.63, 3.8) is 0 Å². The summed E-state index contributed by atoms with van der Waals surface area (Å²) >= 11 is 0. The van der Waals surface area contributed by atoms with Gasteiger partial charge in [-0.3, -0.25) is 4.79 Å². The van der Waals surface area contributed by atoms with Gasteiger partial charge in [-0.1, -0.05) is 30.3 Å². The molecule has 0 fully saturated rings. The van der Waals surface area contributed by atoms with E-state index in [2.05, 4.69) is 15.5 Å². The highest BCUT2D eigenvalue weighted by Gasteiger charge is 2.11. The SMILES string of the molecule is CCOC(=O)Cn1nnnc1Cc1ccccc1. The highest BCUT2D eigenvalue weighted by Crippen LogP contribution is 2.05. The Morgan fingerprint density at radius 2 is 2.11 bits per heavy atom. The van der Waals surface area contributed by atoms with Gasteiger partial charge in [0.2, 0.25) is 0 Å². The topological polar surface area (TPSA) is 69.9 Å². The molecule has 0 aliphatic heterocycles. The number of rotatable bonds is 5. The van der Waals surface area contributed by atoms with Crippen LogP contribution >= 0.6 is 0 Å². The van der Waals surface area contributed by atoms with E-state index in [9.17, 15) is 4.79 Å². The molecular weight excluding hydrogens is 232 g/mol. The maximum Gasteiger partial charge on any atom is 0.327 e. The van der Waals surface area contributed by atoms with Crippen molar-refractivity contribution in [1.29, 1.82) is 0 Å². The number of hydrogen-bond acceptors (Lipinski definition) is 5. The molecule has 0 unspecified atom stereocenters. The summed E-state index contributed by atoms with van der Waals surface area (Å²) in [5, 5.41) is 11.3. The number of carbonyl (C=O) groups excluding carboxylic acids is 1. The van der Waals surface area contributed by atoms with Gasteiger partial charge in [0.1, 0.15) is 6.54 Å². The number of aromatic nitrogens is 4. The standard InChI is InChI=1S/C12H14N4O2/c1-2-18-12(17)9-16-11(13-14-15-16)8-10-6-4-3-5-7-10/h3-7H,2,8-9H2,1H3. The molecule has 0 spiro atoms. The van der Waals surface area contributed by atoms with Gasteiger partial charge < -0.3 is 4.74 Å². The molecule has 6 heteroatoms. The first-order valence-electron chi connectivity index (χ1n) is 5.74. The van der Waals surface area contributed by atoms with Crippen LogP contribution in [0.4, 0.5) is 0 Å². The normalized spacial score (nSPS) is 10.3. The van der Waals surface area contributed by atoms with Crippen LogP contribution in [0.3, 0.4) is 0 Å². The molecule has 2 aromatic rings. The van der Waals surface area contributed by atoms with Crippen molar-refractivity contribution in [1.82, 2.24) is 20.2 Å². The summed E-state index contributed by atoms with van der Waals surface area (Å²) in [5.41, 5.74) is 1.09. The fraction of sp³-hybridized carbons (Fsp3) is 0.333. The number of hydrogen-bond donors (Lipinski definition) is 0. The molecule has 1 aromatic carbocycles. The third kappa shape index (κ3) is 3.13. The fourth-order valence-electron chi connectivity index (χ4n) is 1.58. The van der Waals surface area contributed by atoms with E-state index in [-0.39, 0.29) is 12.5 Å². The van der Waals surface area contributed by atoms with Gasteiger partial charge in [-0.05, 0) is 22.9 Å². The number of ether oxygens (including phenoxy) is 1. The minimum atomic E-state index is -0.334. The molecule has 94 valence electrons. The molecule has 0 radical (unpaired) electrons. The molecule has 0 saturated carbocycles. The monoisotopic (exact) mass is 246 g/mol. The van der Waals surface area contributed by atoms with Gasteiger partial charge in [-0.15, -0.1) is 5.10 Å². The first kappa shape index (κ1) is 12.2. The van der Waals surface area contributed by atoms with E-state index >= 15 is 0 Å². The average molecular weight is 246 g/mol. The van der Waals surface area contributed by atoms with Crippen molar-refractivity contribution in [3.8, 4) is 0 Å². The molecule has 0 aliphatic rings. The van der Waals surface area contributed by atoms with Gasteiger partial charge in [-0.2, -0.15) is 0 Å². The van der Waals surface area contributed by atoms with Crippen molar-refractivity contribution in [3.05, 3.63) is 41.7 Å². The molecule has 0 N–H and O–H groups in total. The molecule has 0 aliphatic carbocycles. The Balaban J connectivity index is 2.06. The van der Waals surface area contributed by atoms with Gasteiger partial charge in [-0.25, -0.2) is 4.68 Å². The summed E-state index contributed by atoms with van der Waals surface area (Å²) < 4.78 is 6.33. The van der Waals surface area contributed by atoms with Crippen LogP contribution in [0.5, 0.6) is 0 Å². The lowest BCUT2D eigenvalue weighted by atomic mass is 10.1. The lowest BCUT2D eigenvalue weighted by Gasteiger charge is -2.04. The molecule has 1 aromatic heterocycles. The quantitative estimate of drug-likeness (QED) is 0.731. The highest BCUT2D eigenvalue weighted by atomic mass is 16.5. The highest BCUT2D eigenvalue weighted by molar-refractivity contribution is 5.69. The van der Waals surface area contributed by atoms with E-state index in [4.69, 9.17) is 4.74 Å². The van der Waals surface area contributed by atoms with Crippen LogP contribution in [0.2, 0.25) is 0 Å². The van der Waals surface area contributed by atoms with Gasteiger partial charge in [0.25, 0.3) is 0 Å². The second-order valence-electron chi connectivity index (χ2n) is 3.72. The zero-order valence-corrected chi connectivity index (χ0v) is 10.1. The maximum absolute atomic E-state index is 11.4. The molecule has 0 bridgehead atoms. The Hall–Kier alpha value is -2.24. The number of esters is 1. The summed E-state index contributed by atoms with van der Waals surface area (Å²) in [6.07, 6.45) is 0.591. The van der Waals surface area contributed by atoms with Crippen LogP contribution in [0.1, 0.15) is 18.3 Å². The molecule has 0 atom stereocenters. The Bertz CT molecular complexity index is 510. The summed E-state index contributed by atoms with van der Waals surface area (Å²) in [4.78, 5) is 11.4. The second-order valence-corrected chi connectivity index (χ2v) is 3.72. The third-order valence-electron chi connectivity index (χ3n) is 2.40. The first-order valence-corrected chi connectivity index (χ1v) is 5.74. The van der Waals surface area contributed by atoms with Gasteiger partial charge in [0.15, 0.2) is 5.82 Å². The van der Waals surface area contributed by atoms with Crippen molar-refractivity contribution in [2.24, 2.45) is 0 Å². The zero-order valence-electron chi connectivity index (χ0n) is 10.1. The molecule has 0 amide bonds. The van der Waals surface area contributed by atoms with Crippen molar-refractivity contribution in [2.45, 2.75) is 19.9 Å². The van der Waals surface area contributed by atoms with Crippen LogP contribution in [-0.2, 0) is 22.5 Å². The van der Waals surface area contributed by atoms with Gasteiger partial charge in [0, 0.05) is 6.42 Å². The summed E-state index contributed by atoms with van der Waals surface area (Å²) in [5.74, 6) is 0.313. The van der Waals surface area contributed by atoms with Crippen molar-refractivity contribution >= 4 is 5.97 Å². The predicted octanol–water partition coefficient (Wildman–Crippen LogP) is 0.827. The van der Waals surface area contributed by atoms with Crippen molar-refractivity contribution < 1.29 is 9.53 Å². The van der Waals surface area contributed by atoms with E-state index in [0.29, 0.717) is 18.9 Å². The Kier molecular flexibility index (Phi) is 4.01. The number of carbonyl (C=O) groups is 1. The lowest BCUT2D eigenvalue weighted by molar-refractivity contribution is -0.144. The molecule has 2 rings (SSSR count). The van der Waals surface area contributed by atoms with Gasteiger partial charge >= 0.3 is 5.97 Å². The van der Waals surface area contributed by atoms with Crippen LogP contribution < -0.4 is 0 Å². The first-order chi connectivity index (χ1) is 8.79. The van der Waals surface area contributed by atoms with Crippen LogP contribution in [0, 0.1) is 0 Å². The van der Waals surface area contributed by atoms with Crippen molar-refractivity contribution in [2.75, 3.05) is 6.61 Å². The second kappa shape index (κ2) is 5.90. The average Bonchev–Trinajstić information content (AvgIpc) is 2.78. The van der Waals surface area contributed by atoms with Crippen LogP contribution in [0.15, 0.2) is 30.3 Å². The van der Waals surface area contributed by atoms with E-state index in [1.54, 1.807) is 6.92 Å². The Labute approximate surface area is 105 Å². The minimum absolute atomic E-state index is 0.0446. The van der Waals surface area contributed by atoms with Gasteiger partial charge in [0.05, 0.1) is 6.61 Å². The van der Waals surface area contributed by atoms with Crippen LogP contribution in [0.25, 0.3) is 0 Å². The molecule has 1 heterocycles. The lowest BCUT2D eigenvalue weighted by Crippen LogP contribution is -2.17. The summed E-state index contributed by atoms with van der Waals surface area (Å²) in [6, 6.07) is 9.83. The van der Waals surface area contributed by atoms with E-state index < -0.39 is 0 Å². The smallest absolute Gasteiger partial charge is 0.327 e. The van der Waals surface area contributed by atoms with E-state index in [0.717, 1.165) is 5.56 Å². The summed E-state index contributed by atoms with van der Waals surface area (Å²) in [6.45, 7) is 2.17. The molecular formula is C12H14N4O2. The molecule has 0 saturated heterocycles. The van der Waals surface area contributed by atoms with E-state index in [1.807, 2.05) is 30.3 Å². The zero-order chi connectivity index (χ0) is 12.8. The molecule has 6 nitrogen and oxygen atoms in total. The fourth-order valence-corrected chi connectivity index (χ4v) is 1.58. The van der Waals surface area contributed by atoms with Crippen LogP contribution in [-0.4, -0.2) is 32.8 Å². The number of nitrogens with zero attached hydrogens (tertiary/aromatic N) is 4. The maximum atomic E-state index is 11.4. The largest absolute Gasteiger partial charge is 0.465 e. The number of benzene rings is 1. The summed E-state index contributed by atoms with van der Waals surface area (Å²) in [7, 11) is 0. The number of tetrazole rings is 1. The van der Waals surface area contributed by atoms with E-state index in [1.165, 1.54) is 4.68 Å². The predicted molar refractivity (Wildman–Crippen MR) is 63.7 cm³/mol. The Morgan fingerprint density at radius 1 is 1.33 bits per heavy atom. The third-order valence-corrected chi connectivity index (χ3v) is 2.40. The minimum Gasteiger partial charge on any atom is -0.465 e. The molecule has 18 heavy (non-hydrogen) atoms. The Morgan fingerprint density at radius 3 is 2.83 bits per heavy atom.